The minimum Gasteiger partial charge on any atom is -0.330 e. The van der Waals surface area contributed by atoms with Crippen molar-refractivity contribution in [2.75, 3.05) is 6.54 Å². The van der Waals surface area contributed by atoms with Crippen LogP contribution in [0.1, 0.15) is 19.4 Å². The number of nitrogens with zero attached hydrogens (tertiary/aromatic N) is 1. The van der Waals surface area contributed by atoms with E-state index in [4.69, 9.17) is 5.73 Å². The SMILES string of the molecule is CC(C)(CN)c1cnc2ccccc2c1. The van der Waals surface area contributed by atoms with Crippen LogP contribution in [0.3, 0.4) is 0 Å². The van der Waals surface area contributed by atoms with Gasteiger partial charge in [0.15, 0.2) is 0 Å². The second-order valence-corrected chi connectivity index (χ2v) is 4.50. The van der Waals surface area contributed by atoms with Gasteiger partial charge in [0.05, 0.1) is 5.52 Å². The Morgan fingerprint density at radius 1 is 1.27 bits per heavy atom. The third-order valence-corrected chi connectivity index (χ3v) is 2.88. The first-order chi connectivity index (χ1) is 7.13. The highest BCUT2D eigenvalue weighted by Crippen LogP contribution is 2.23. The summed E-state index contributed by atoms with van der Waals surface area (Å²) in [5.41, 5.74) is 7.99. The van der Waals surface area contributed by atoms with E-state index in [1.165, 1.54) is 10.9 Å². The van der Waals surface area contributed by atoms with E-state index in [0.29, 0.717) is 6.54 Å². The van der Waals surface area contributed by atoms with Gasteiger partial charge in [-0.15, -0.1) is 0 Å². The predicted octanol–water partition coefficient (Wildman–Crippen LogP) is 2.47. The van der Waals surface area contributed by atoms with Gasteiger partial charge in [-0.05, 0) is 17.7 Å². The van der Waals surface area contributed by atoms with E-state index in [1.54, 1.807) is 0 Å². The topological polar surface area (TPSA) is 38.9 Å². The maximum Gasteiger partial charge on any atom is 0.0702 e. The smallest absolute Gasteiger partial charge is 0.0702 e. The summed E-state index contributed by atoms with van der Waals surface area (Å²) < 4.78 is 0. The van der Waals surface area contributed by atoms with Gasteiger partial charge in [0.25, 0.3) is 0 Å². The molecule has 0 spiro atoms. The fraction of sp³-hybridized carbons (Fsp3) is 0.308. The van der Waals surface area contributed by atoms with Crippen LogP contribution in [-0.4, -0.2) is 11.5 Å². The molecule has 0 saturated carbocycles. The largest absolute Gasteiger partial charge is 0.330 e. The van der Waals surface area contributed by atoms with Gasteiger partial charge in [-0.25, -0.2) is 0 Å². The zero-order valence-electron chi connectivity index (χ0n) is 9.20. The molecule has 2 N–H and O–H groups in total. The molecule has 2 rings (SSSR count). The summed E-state index contributed by atoms with van der Waals surface area (Å²) in [5.74, 6) is 0. The standard InChI is InChI=1S/C13H16N2/c1-13(2,9-14)11-7-10-5-3-4-6-12(10)15-8-11/h3-8H,9,14H2,1-2H3. The highest BCUT2D eigenvalue weighted by atomic mass is 14.7. The second kappa shape index (κ2) is 3.63. The molecule has 0 aliphatic rings. The van der Waals surface area contributed by atoms with Crippen molar-refractivity contribution >= 4 is 10.9 Å². The van der Waals surface area contributed by atoms with Crippen LogP contribution in [0.5, 0.6) is 0 Å². The lowest BCUT2D eigenvalue weighted by molar-refractivity contribution is 0.538. The number of hydrogen-bond donors (Lipinski definition) is 1. The predicted molar refractivity (Wildman–Crippen MR) is 63.8 cm³/mol. The van der Waals surface area contributed by atoms with Crippen LogP contribution in [0.25, 0.3) is 10.9 Å². The molecule has 2 nitrogen and oxygen atoms in total. The molecule has 0 saturated heterocycles. The van der Waals surface area contributed by atoms with Crippen LogP contribution >= 0.6 is 0 Å². The highest BCUT2D eigenvalue weighted by Gasteiger charge is 2.18. The number of nitrogens with two attached hydrogens (primary N) is 1. The Labute approximate surface area is 90.1 Å². The molecule has 1 aromatic carbocycles. The highest BCUT2D eigenvalue weighted by molar-refractivity contribution is 5.78. The van der Waals surface area contributed by atoms with E-state index in [2.05, 4.69) is 31.0 Å². The van der Waals surface area contributed by atoms with Gasteiger partial charge < -0.3 is 5.73 Å². The third-order valence-electron chi connectivity index (χ3n) is 2.88. The van der Waals surface area contributed by atoms with Crippen LogP contribution in [0.15, 0.2) is 36.5 Å². The maximum absolute atomic E-state index is 5.75. The van der Waals surface area contributed by atoms with E-state index in [0.717, 1.165) is 5.52 Å². The zero-order valence-corrected chi connectivity index (χ0v) is 9.20. The minimum atomic E-state index is -0.00295. The molecule has 0 amide bonds. The Bertz CT molecular complexity index is 475. The average molecular weight is 200 g/mol. The summed E-state index contributed by atoms with van der Waals surface area (Å²) in [4.78, 5) is 4.44. The van der Waals surface area contributed by atoms with Crippen molar-refractivity contribution in [3.8, 4) is 0 Å². The molecule has 0 radical (unpaired) electrons. The van der Waals surface area contributed by atoms with E-state index in [-0.39, 0.29) is 5.41 Å². The van der Waals surface area contributed by atoms with Gasteiger partial charge in [-0.2, -0.15) is 0 Å². The normalized spacial score (nSPS) is 11.9. The van der Waals surface area contributed by atoms with Crippen molar-refractivity contribution < 1.29 is 0 Å². The Kier molecular flexibility index (Phi) is 2.45. The first-order valence-electron chi connectivity index (χ1n) is 5.19. The van der Waals surface area contributed by atoms with Crippen molar-refractivity contribution in [2.45, 2.75) is 19.3 Å². The Balaban J connectivity index is 2.56. The second-order valence-electron chi connectivity index (χ2n) is 4.50. The van der Waals surface area contributed by atoms with Gasteiger partial charge in [0.1, 0.15) is 0 Å². The van der Waals surface area contributed by atoms with Crippen LogP contribution in [0, 0.1) is 0 Å². The fourth-order valence-corrected chi connectivity index (χ4v) is 1.56. The van der Waals surface area contributed by atoms with Crippen molar-refractivity contribution in [2.24, 2.45) is 5.73 Å². The summed E-state index contributed by atoms with van der Waals surface area (Å²) >= 11 is 0. The van der Waals surface area contributed by atoms with Crippen molar-refractivity contribution in [3.63, 3.8) is 0 Å². The molecule has 0 atom stereocenters. The zero-order chi connectivity index (χ0) is 10.9. The van der Waals surface area contributed by atoms with Gasteiger partial charge in [0.2, 0.25) is 0 Å². The van der Waals surface area contributed by atoms with Gasteiger partial charge >= 0.3 is 0 Å². The van der Waals surface area contributed by atoms with Gasteiger partial charge in [-0.1, -0.05) is 32.0 Å². The molecule has 1 aromatic heterocycles. The first kappa shape index (κ1) is 10.1. The van der Waals surface area contributed by atoms with Crippen molar-refractivity contribution in [1.29, 1.82) is 0 Å². The van der Waals surface area contributed by atoms with Crippen LogP contribution in [-0.2, 0) is 5.41 Å². The lowest BCUT2D eigenvalue weighted by Gasteiger charge is -2.22. The number of hydrogen-bond acceptors (Lipinski definition) is 2. The lowest BCUT2D eigenvalue weighted by atomic mass is 9.85. The number of para-hydroxylation sites is 1. The average Bonchev–Trinajstić information content (AvgIpc) is 2.28. The van der Waals surface area contributed by atoms with E-state index >= 15 is 0 Å². The van der Waals surface area contributed by atoms with E-state index in [9.17, 15) is 0 Å². The Morgan fingerprint density at radius 2 is 2.00 bits per heavy atom. The number of aromatic nitrogens is 1. The van der Waals surface area contributed by atoms with Crippen LogP contribution < -0.4 is 5.73 Å². The van der Waals surface area contributed by atoms with Gasteiger partial charge in [0, 0.05) is 23.5 Å². The number of pyridine rings is 1. The summed E-state index contributed by atoms with van der Waals surface area (Å²) in [6.45, 7) is 4.91. The fourth-order valence-electron chi connectivity index (χ4n) is 1.56. The Hall–Kier alpha value is -1.41. The molecular formula is C13H16N2. The molecular weight excluding hydrogens is 184 g/mol. The summed E-state index contributed by atoms with van der Waals surface area (Å²) in [7, 11) is 0. The summed E-state index contributed by atoms with van der Waals surface area (Å²) in [6, 6.07) is 10.3. The monoisotopic (exact) mass is 200 g/mol. The molecule has 0 unspecified atom stereocenters. The third kappa shape index (κ3) is 1.85. The van der Waals surface area contributed by atoms with E-state index in [1.807, 2.05) is 24.4 Å². The molecule has 1 heterocycles. The number of rotatable bonds is 2. The number of fused-ring (bicyclic) bond motifs is 1. The number of benzene rings is 1. The maximum atomic E-state index is 5.75. The molecule has 2 aromatic rings. The lowest BCUT2D eigenvalue weighted by Crippen LogP contribution is -2.28. The Morgan fingerprint density at radius 3 is 2.73 bits per heavy atom. The molecule has 78 valence electrons. The first-order valence-corrected chi connectivity index (χ1v) is 5.19. The minimum absolute atomic E-state index is 0.00295. The van der Waals surface area contributed by atoms with E-state index < -0.39 is 0 Å². The molecule has 15 heavy (non-hydrogen) atoms. The molecule has 0 aliphatic heterocycles. The summed E-state index contributed by atoms with van der Waals surface area (Å²) in [5, 5.41) is 1.18. The van der Waals surface area contributed by atoms with Crippen molar-refractivity contribution in [3.05, 3.63) is 42.1 Å². The molecule has 0 fully saturated rings. The molecule has 0 aliphatic carbocycles. The van der Waals surface area contributed by atoms with Crippen LogP contribution in [0.4, 0.5) is 0 Å². The quantitative estimate of drug-likeness (QED) is 0.808. The van der Waals surface area contributed by atoms with Crippen LogP contribution in [0.2, 0.25) is 0 Å². The molecule has 2 heteroatoms. The van der Waals surface area contributed by atoms with Crippen molar-refractivity contribution in [1.82, 2.24) is 4.98 Å². The summed E-state index contributed by atoms with van der Waals surface area (Å²) in [6.07, 6.45) is 1.93. The van der Waals surface area contributed by atoms with Gasteiger partial charge in [-0.3, -0.25) is 4.98 Å². The molecule has 0 bridgehead atoms.